The van der Waals surface area contributed by atoms with Crippen molar-refractivity contribution >= 4 is 11.6 Å². The van der Waals surface area contributed by atoms with Crippen LogP contribution in [0.1, 0.15) is 31.5 Å². The Kier molecular flexibility index (Phi) is 6.64. The number of aromatic nitrogens is 2. The monoisotopic (exact) mass is 412 g/mol. The molecule has 4 rings (SSSR count). The van der Waals surface area contributed by atoms with Gasteiger partial charge in [-0.3, -0.25) is 14.6 Å². The van der Waals surface area contributed by atoms with E-state index in [4.69, 9.17) is 4.52 Å². The first-order valence-electron chi connectivity index (χ1n) is 10.9. The molecule has 8 nitrogen and oxygen atoms in total. The molecule has 2 saturated heterocycles. The number of amides is 1. The Morgan fingerprint density at radius 1 is 0.967 bits per heavy atom. The number of benzene rings is 1. The molecule has 0 bridgehead atoms. The number of carbonyl (C=O) groups is 1. The summed E-state index contributed by atoms with van der Waals surface area (Å²) in [6.45, 7) is 12.3. The summed E-state index contributed by atoms with van der Waals surface area (Å²) in [6.07, 6.45) is 0. The molecule has 0 saturated carbocycles. The van der Waals surface area contributed by atoms with Gasteiger partial charge in [-0.2, -0.15) is 4.98 Å². The lowest BCUT2D eigenvalue weighted by atomic mass is 10.2. The normalized spacial score (nSPS) is 18.9. The first-order valence-corrected chi connectivity index (χ1v) is 10.9. The lowest BCUT2D eigenvalue weighted by Crippen LogP contribution is -2.53. The van der Waals surface area contributed by atoms with E-state index in [9.17, 15) is 4.79 Å². The third kappa shape index (κ3) is 5.17. The second-order valence-corrected chi connectivity index (χ2v) is 8.46. The number of para-hydroxylation sites is 1. The molecule has 162 valence electrons. The summed E-state index contributed by atoms with van der Waals surface area (Å²) < 4.78 is 5.36. The largest absolute Gasteiger partial charge is 0.368 e. The molecule has 1 aromatic heterocycles. The minimum absolute atomic E-state index is 0.245. The minimum atomic E-state index is 0.245. The van der Waals surface area contributed by atoms with Crippen molar-refractivity contribution in [3.05, 3.63) is 42.0 Å². The second-order valence-electron chi connectivity index (χ2n) is 8.46. The highest BCUT2D eigenvalue weighted by atomic mass is 16.5. The average Bonchev–Trinajstić information content (AvgIpc) is 3.25. The molecule has 3 heterocycles. The minimum Gasteiger partial charge on any atom is -0.368 e. The van der Waals surface area contributed by atoms with E-state index in [1.807, 2.05) is 11.0 Å². The summed E-state index contributed by atoms with van der Waals surface area (Å²) in [5.74, 6) is 1.97. The van der Waals surface area contributed by atoms with Crippen molar-refractivity contribution in [2.24, 2.45) is 0 Å². The maximum atomic E-state index is 12.8. The Balaban J connectivity index is 1.18. The fourth-order valence-corrected chi connectivity index (χ4v) is 4.01. The van der Waals surface area contributed by atoms with Gasteiger partial charge in [0.2, 0.25) is 11.8 Å². The number of carbonyl (C=O) groups excluding carboxylic acids is 1. The zero-order chi connectivity index (χ0) is 20.9. The van der Waals surface area contributed by atoms with Crippen LogP contribution in [0.25, 0.3) is 0 Å². The number of piperazine rings is 2. The van der Waals surface area contributed by atoms with Gasteiger partial charge >= 0.3 is 0 Å². The first-order chi connectivity index (χ1) is 14.6. The Labute approximate surface area is 178 Å². The van der Waals surface area contributed by atoms with E-state index in [0.717, 1.165) is 58.2 Å². The first kappa shape index (κ1) is 20.8. The molecule has 2 aromatic rings. The van der Waals surface area contributed by atoms with Crippen LogP contribution in [-0.4, -0.2) is 89.7 Å². The highest BCUT2D eigenvalue weighted by Gasteiger charge is 2.25. The second kappa shape index (κ2) is 9.57. The molecule has 1 aromatic carbocycles. The molecule has 0 atom stereocenters. The van der Waals surface area contributed by atoms with Gasteiger partial charge in [-0.05, 0) is 12.1 Å². The summed E-state index contributed by atoms with van der Waals surface area (Å²) in [5, 5.41) is 4.04. The van der Waals surface area contributed by atoms with Gasteiger partial charge < -0.3 is 14.3 Å². The van der Waals surface area contributed by atoms with Gasteiger partial charge in [-0.1, -0.05) is 37.2 Å². The fourth-order valence-electron chi connectivity index (χ4n) is 4.01. The zero-order valence-corrected chi connectivity index (χ0v) is 18.0. The predicted molar refractivity (Wildman–Crippen MR) is 115 cm³/mol. The third-order valence-electron chi connectivity index (χ3n) is 5.94. The number of hydrogen-bond donors (Lipinski definition) is 0. The van der Waals surface area contributed by atoms with Crippen LogP contribution in [0.3, 0.4) is 0 Å². The van der Waals surface area contributed by atoms with Crippen LogP contribution in [-0.2, 0) is 11.3 Å². The van der Waals surface area contributed by atoms with Crippen LogP contribution in [0.2, 0.25) is 0 Å². The molecule has 2 fully saturated rings. The lowest BCUT2D eigenvalue weighted by molar-refractivity contribution is -0.133. The summed E-state index contributed by atoms with van der Waals surface area (Å²) in [5.41, 5.74) is 1.24. The molecule has 0 unspecified atom stereocenters. The maximum Gasteiger partial charge on any atom is 0.240 e. The van der Waals surface area contributed by atoms with Gasteiger partial charge in [-0.25, -0.2) is 0 Å². The molecule has 8 heteroatoms. The number of rotatable bonds is 6. The third-order valence-corrected chi connectivity index (χ3v) is 5.94. The van der Waals surface area contributed by atoms with Gasteiger partial charge in [0.25, 0.3) is 0 Å². The van der Waals surface area contributed by atoms with Crippen molar-refractivity contribution in [1.29, 1.82) is 0 Å². The van der Waals surface area contributed by atoms with Gasteiger partial charge in [0.05, 0.1) is 13.1 Å². The summed E-state index contributed by atoms with van der Waals surface area (Å²) in [4.78, 5) is 26.2. The molecule has 0 aliphatic carbocycles. The summed E-state index contributed by atoms with van der Waals surface area (Å²) in [6, 6.07) is 10.4. The number of nitrogens with zero attached hydrogens (tertiary/aromatic N) is 6. The van der Waals surface area contributed by atoms with Crippen molar-refractivity contribution in [2.75, 3.05) is 63.8 Å². The van der Waals surface area contributed by atoms with E-state index >= 15 is 0 Å². The molecule has 1 amide bonds. The van der Waals surface area contributed by atoms with Crippen LogP contribution in [0.15, 0.2) is 34.9 Å². The molecular formula is C22H32N6O2. The van der Waals surface area contributed by atoms with Crippen LogP contribution < -0.4 is 4.90 Å². The van der Waals surface area contributed by atoms with E-state index in [1.165, 1.54) is 5.69 Å². The molecular weight excluding hydrogens is 380 g/mol. The van der Waals surface area contributed by atoms with E-state index in [2.05, 4.69) is 63.0 Å². The van der Waals surface area contributed by atoms with E-state index < -0.39 is 0 Å². The summed E-state index contributed by atoms with van der Waals surface area (Å²) >= 11 is 0. The summed E-state index contributed by atoms with van der Waals surface area (Å²) in [7, 11) is 0. The van der Waals surface area contributed by atoms with Crippen molar-refractivity contribution in [3.63, 3.8) is 0 Å². The molecule has 0 radical (unpaired) electrons. The van der Waals surface area contributed by atoms with Crippen molar-refractivity contribution < 1.29 is 9.32 Å². The Hall–Kier alpha value is -2.45. The average molecular weight is 413 g/mol. The van der Waals surface area contributed by atoms with Crippen LogP contribution >= 0.6 is 0 Å². The molecule has 0 spiro atoms. The standard InChI is InChI=1S/C22H32N6O2/c1-18(2)22-23-20(30-24-22)16-25-8-10-26(11-9-25)17-21(29)28-14-12-27(13-15-28)19-6-4-3-5-7-19/h3-7,18H,8-17H2,1-2H3. The molecule has 0 N–H and O–H groups in total. The smallest absolute Gasteiger partial charge is 0.240 e. The predicted octanol–water partition coefficient (Wildman–Crippen LogP) is 1.66. The molecule has 30 heavy (non-hydrogen) atoms. The zero-order valence-electron chi connectivity index (χ0n) is 18.0. The lowest BCUT2D eigenvalue weighted by Gasteiger charge is -2.38. The van der Waals surface area contributed by atoms with Crippen molar-refractivity contribution in [3.8, 4) is 0 Å². The Bertz CT molecular complexity index is 808. The Morgan fingerprint density at radius 3 is 2.27 bits per heavy atom. The van der Waals surface area contributed by atoms with Gasteiger partial charge in [0.1, 0.15) is 0 Å². The SMILES string of the molecule is CC(C)c1noc(CN2CCN(CC(=O)N3CCN(c4ccccc4)CC3)CC2)n1. The van der Waals surface area contributed by atoms with Crippen LogP contribution in [0, 0.1) is 0 Å². The van der Waals surface area contributed by atoms with Gasteiger partial charge in [0.15, 0.2) is 5.82 Å². The fraction of sp³-hybridized carbons (Fsp3) is 0.591. The van der Waals surface area contributed by atoms with E-state index in [-0.39, 0.29) is 11.8 Å². The van der Waals surface area contributed by atoms with Crippen molar-refractivity contribution in [2.45, 2.75) is 26.3 Å². The maximum absolute atomic E-state index is 12.8. The van der Waals surface area contributed by atoms with Crippen LogP contribution in [0.4, 0.5) is 5.69 Å². The Morgan fingerprint density at radius 2 is 1.63 bits per heavy atom. The van der Waals surface area contributed by atoms with Gasteiger partial charge in [0, 0.05) is 64.0 Å². The quantitative estimate of drug-likeness (QED) is 0.715. The highest BCUT2D eigenvalue weighted by Crippen LogP contribution is 2.16. The van der Waals surface area contributed by atoms with Gasteiger partial charge in [-0.15, -0.1) is 0 Å². The van der Waals surface area contributed by atoms with Crippen molar-refractivity contribution in [1.82, 2.24) is 24.8 Å². The molecule has 2 aliphatic heterocycles. The van der Waals surface area contributed by atoms with E-state index in [0.29, 0.717) is 19.0 Å². The topological polar surface area (TPSA) is 69.0 Å². The van der Waals surface area contributed by atoms with Crippen LogP contribution in [0.5, 0.6) is 0 Å². The molecule has 2 aliphatic rings. The number of anilines is 1. The van der Waals surface area contributed by atoms with E-state index in [1.54, 1.807) is 0 Å². The highest BCUT2D eigenvalue weighted by molar-refractivity contribution is 5.78. The number of hydrogen-bond acceptors (Lipinski definition) is 7.